The first-order chi connectivity index (χ1) is 19.2. The number of oxazole rings is 1. The molecule has 5 rings (SSSR count). The Balaban J connectivity index is 1.49. The predicted molar refractivity (Wildman–Crippen MR) is 151 cm³/mol. The van der Waals surface area contributed by atoms with E-state index in [9.17, 15) is 13.2 Å². The fraction of sp³-hybridized carbons (Fsp3) is 0.138. The standard InChI is InChI=1S/C29H25ClN4O5S/c1-18-19(2)33-39-28(18)34-40(36,37)26-6-4-3-5-25(26)24-12-9-21(29-31-13-14-38-29)16-22(24)17-32-27(35)15-20-7-10-23(30)11-8-20/h3-14,16,34H,15,17H2,1-2H3,(H,32,35). The van der Waals surface area contributed by atoms with Crippen molar-refractivity contribution in [3.8, 4) is 22.6 Å². The van der Waals surface area contributed by atoms with Crippen LogP contribution in [0.5, 0.6) is 0 Å². The van der Waals surface area contributed by atoms with E-state index in [1.807, 2.05) is 6.07 Å². The van der Waals surface area contributed by atoms with Gasteiger partial charge in [-0.2, -0.15) is 0 Å². The molecule has 9 nitrogen and oxygen atoms in total. The molecule has 2 aromatic heterocycles. The molecule has 0 unspecified atom stereocenters. The number of amides is 1. The third-order valence-corrected chi connectivity index (χ3v) is 8.03. The molecule has 0 aliphatic carbocycles. The number of aryl methyl sites for hydroxylation is 1. The van der Waals surface area contributed by atoms with Gasteiger partial charge in [-0.15, -0.1) is 0 Å². The molecule has 11 heteroatoms. The minimum absolute atomic E-state index is 0.0427. The van der Waals surface area contributed by atoms with Gasteiger partial charge in [-0.3, -0.25) is 4.79 Å². The maximum Gasteiger partial charge on any atom is 0.264 e. The molecule has 0 saturated heterocycles. The summed E-state index contributed by atoms with van der Waals surface area (Å²) in [6.45, 7) is 3.59. The van der Waals surface area contributed by atoms with Gasteiger partial charge in [-0.25, -0.2) is 18.1 Å². The Kier molecular flexibility index (Phi) is 7.72. The van der Waals surface area contributed by atoms with Gasteiger partial charge in [0.1, 0.15) is 6.26 Å². The molecule has 0 atom stereocenters. The van der Waals surface area contributed by atoms with Crippen LogP contribution in [0.25, 0.3) is 22.6 Å². The molecule has 2 heterocycles. The van der Waals surface area contributed by atoms with Gasteiger partial charge in [-0.05, 0) is 60.9 Å². The zero-order valence-electron chi connectivity index (χ0n) is 21.6. The summed E-state index contributed by atoms with van der Waals surface area (Å²) in [4.78, 5) is 17.1. The lowest BCUT2D eigenvalue weighted by Gasteiger charge is -2.16. The van der Waals surface area contributed by atoms with Gasteiger partial charge in [0.25, 0.3) is 10.0 Å². The SMILES string of the molecule is Cc1noc(NS(=O)(=O)c2ccccc2-c2ccc(-c3ncco3)cc2CNC(=O)Cc2ccc(Cl)cc2)c1C. The maximum atomic E-state index is 13.5. The van der Waals surface area contributed by atoms with Gasteiger partial charge < -0.3 is 14.3 Å². The monoisotopic (exact) mass is 576 g/mol. The molecule has 0 bridgehead atoms. The van der Waals surface area contributed by atoms with Crippen LogP contribution in [0.3, 0.4) is 0 Å². The van der Waals surface area contributed by atoms with Crippen molar-refractivity contribution in [2.75, 3.05) is 4.72 Å². The van der Waals surface area contributed by atoms with Gasteiger partial charge >= 0.3 is 0 Å². The Morgan fingerprint density at radius 1 is 1.00 bits per heavy atom. The van der Waals surface area contributed by atoms with Crippen molar-refractivity contribution in [1.29, 1.82) is 0 Å². The van der Waals surface area contributed by atoms with Gasteiger partial charge in [0, 0.05) is 28.3 Å². The lowest BCUT2D eigenvalue weighted by atomic mass is 9.97. The topological polar surface area (TPSA) is 127 Å². The maximum absolute atomic E-state index is 13.5. The summed E-state index contributed by atoms with van der Waals surface area (Å²) in [5, 5.41) is 7.37. The van der Waals surface area contributed by atoms with Crippen molar-refractivity contribution >= 4 is 33.4 Å². The molecule has 0 aliphatic rings. The van der Waals surface area contributed by atoms with E-state index in [1.54, 1.807) is 68.4 Å². The van der Waals surface area contributed by atoms with E-state index in [0.717, 1.165) is 5.56 Å². The molecule has 204 valence electrons. The van der Waals surface area contributed by atoms with E-state index in [-0.39, 0.29) is 29.7 Å². The first kappa shape index (κ1) is 27.2. The number of benzene rings is 3. The van der Waals surface area contributed by atoms with Crippen LogP contribution in [0, 0.1) is 13.8 Å². The molecule has 0 aliphatic heterocycles. The Hall–Kier alpha value is -4.41. The van der Waals surface area contributed by atoms with Gasteiger partial charge in [-0.1, -0.05) is 53.2 Å². The average molecular weight is 577 g/mol. The van der Waals surface area contributed by atoms with Gasteiger partial charge in [0.2, 0.25) is 17.7 Å². The average Bonchev–Trinajstić information content (AvgIpc) is 3.60. The number of halogens is 1. The highest BCUT2D eigenvalue weighted by molar-refractivity contribution is 7.92. The highest BCUT2D eigenvalue weighted by atomic mass is 35.5. The molecule has 5 aromatic rings. The zero-order chi connectivity index (χ0) is 28.3. The molecule has 0 spiro atoms. The minimum atomic E-state index is -4.06. The summed E-state index contributed by atoms with van der Waals surface area (Å²) in [6.07, 6.45) is 3.17. The predicted octanol–water partition coefficient (Wildman–Crippen LogP) is 5.93. The van der Waals surface area contributed by atoms with Crippen molar-refractivity contribution in [3.63, 3.8) is 0 Å². The van der Waals surface area contributed by atoms with Crippen LogP contribution >= 0.6 is 11.6 Å². The summed E-state index contributed by atoms with van der Waals surface area (Å²) in [7, 11) is -4.06. The number of nitrogens with one attached hydrogen (secondary N) is 2. The van der Waals surface area contributed by atoms with Crippen LogP contribution in [0.15, 0.2) is 93.0 Å². The van der Waals surface area contributed by atoms with Crippen LogP contribution in [0.4, 0.5) is 5.88 Å². The Morgan fingerprint density at radius 3 is 2.48 bits per heavy atom. The third kappa shape index (κ3) is 5.93. The molecule has 0 saturated carbocycles. The second kappa shape index (κ2) is 11.4. The van der Waals surface area contributed by atoms with Crippen LogP contribution in [-0.2, 0) is 27.8 Å². The number of hydrogen-bond acceptors (Lipinski definition) is 7. The molecular formula is C29H25ClN4O5S. The second-order valence-electron chi connectivity index (χ2n) is 9.11. The highest BCUT2D eigenvalue weighted by Crippen LogP contribution is 2.34. The van der Waals surface area contributed by atoms with E-state index >= 15 is 0 Å². The summed E-state index contributed by atoms with van der Waals surface area (Å²) in [5.41, 5.74) is 4.43. The van der Waals surface area contributed by atoms with Crippen molar-refractivity contribution in [2.24, 2.45) is 0 Å². The smallest absolute Gasteiger partial charge is 0.264 e. The number of sulfonamides is 1. The molecule has 0 radical (unpaired) electrons. The molecule has 2 N–H and O–H groups in total. The van der Waals surface area contributed by atoms with E-state index in [1.165, 1.54) is 18.5 Å². The summed E-state index contributed by atoms with van der Waals surface area (Å²) in [5.74, 6) is 0.258. The van der Waals surface area contributed by atoms with Gasteiger partial charge in [0.15, 0.2) is 0 Å². The Morgan fingerprint density at radius 2 is 1.77 bits per heavy atom. The fourth-order valence-electron chi connectivity index (χ4n) is 4.16. The normalized spacial score (nSPS) is 11.4. The van der Waals surface area contributed by atoms with Crippen molar-refractivity contribution in [2.45, 2.75) is 31.7 Å². The summed E-state index contributed by atoms with van der Waals surface area (Å²) < 4.78 is 40.2. The largest absolute Gasteiger partial charge is 0.445 e. The zero-order valence-corrected chi connectivity index (χ0v) is 23.2. The number of hydrogen-bond donors (Lipinski definition) is 2. The third-order valence-electron chi connectivity index (χ3n) is 6.39. The van der Waals surface area contributed by atoms with E-state index in [2.05, 4.69) is 20.2 Å². The van der Waals surface area contributed by atoms with E-state index in [4.69, 9.17) is 20.5 Å². The van der Waals surface area contributed by atoms with Gasteiger partial charge in [0.05, 0.1) is 23.2 Å². The molecule has 1 amide bonds. The Bertz CT molecular complexity index is 1760. The number of rotatable bonds is 9. The lowest BCUT2D eigenvalue weighted by Crippen LogP contribution is -2.25. The van der Waals surface area contributed by atoms with E-state index < -0.39 is 10.0 Å². The second-order valence-corrected chi connectivity index (χ2v) is 11.2. The van der Waals surface area contributed by atoms with Crippen LogP contribution in [0.2, 0.25) is 5.02 Å². The first-order valence-electron chi connectivity index (χ1n) is 12.3. The van der Waals surface area contributed by atoms with Crippen LogP contribution in [0.1, 0.15) is 22.4 Å². The molecule has 0 fully saturated rings. The quantitative estimate of drug-likeness (QED) is 0.223. The molecule has 3 aromatic carbocycles. The van der Waals surface area contributed by atoms with Crippen molar-refractivity contribution in [3.05, 3.63) is 107 Å². The number of anilines is 1. The number of aromatic nitrogens is 2. The summed E-state index contributed by atoms with van der Waals surface area (Å²) in [6, 6.07) is 19.1. The number of carbonyl (C=O) groups is 1. The summed E-state index contributed by atoms with van der Waals surface area (Å²) >= 11 is 5.95. The van der Waals surface area contributed by atoms with E-state index in [0.29, 0.717) is 44.4 Å². The molecule has 40 heavy (non-hydrogen) atoms. The van der Waals surface area contributed by atoms with Crippen molar-refractivity contribution < 1.29 is 22.2 Å². The van der Waals surface area contributed by atoms with Crippen LogP contribution < -0.4 is 10.0 Å². The number of nitrogens with zero attached hydrogens (tertiary/aromatic N) is 2. The fourth-order valence-corrected chi connectivity index (χ4v) is 5.55. The highest BCUT2D eigenvalue weighted by Gasteiger charge is 2.24. The Labute approximate surface area is 236 Å². The minimum Gasteiger partial charge on any atom is -0.445 e. The van der Waals surface area contributed by atoms with Crippen LogP contribution in [-0.4, -0.2) is 24.5 Å². The first-order valence-corrected chi connectivity index (χ1v) is 14.2. The molecular weight excluding hydrogens is 552 g/mol. The lowest BCUT2D eigenvalue weighted by molar-refractivity contribution is -0.120. The van der Waals surface area contributed by atoms with Crippen molar-refractivity contribution in [1.82, 2.24) is 15.5 Å². The number of carbonyl (C=O) groups excluding carboxylic acids is 1.